The van der Waals surface area contributed by atoms with Crippen LogP contribution in [0.3, 0.4) is 0 Å². The number of rotatable bonds is 6. The lowest BCUT2D eigenvalue weighted by Gasteiger charge is -2.28. The highest BCUT2D eigenvalue weighted by atomic mass is 19.1. The molecule has 0 saturated heterocycles. The van der Waals surface area contributed by atoms with Crippen LogP contribution in [-0.4, -0.2) is 18.2 Å². The van der Waals surface area contributed by atoms with Crippen molar-refractivity contribution in [3.63, 3.8) is 0 Å². The van der Waals surface area contributed by atoms with Crippen molar-refractivity contribution in [2.45, 2.75) is 45.1 Å². The summed E-state index contributed by atoms with van der Waals surface area (Å²) < 4.78 is 12.8. The fraction of sp³-hybridized carbons (Fsp3) is 0.647. The molecule has 0 heterocycles. The van der Waals surface area contributed by atoms with Crippen LogP contribution < -0.4 is 5.32 Å². The lowest BCUT2D eigenvalue weighted by molar-refractivity contribution is 0.168. The standard InChI is InChI=1S/C17H26FNO/c1-2-13-3-5-14(6-4-13)11-19-12-17(20)15-7-9-16(18)10-8-15/h7-10,13-14,17,19-20H,2-6,11-12H2,1H3. The molecule has 0 aliphatic heterocycles. The van der Waals surface area contributed by atoms with Gasteiger partial charge in [-0.3, -0.25) is 0 Å². The van der Waals surface area contributed by atoms with Crippen molar-refractivity contribution in [3.05, 3.63) is 35.6 Å². The lowest BCUT2D eigenvalue weighted by Crippen LogP contribution is -2.29. The maximum atomic E-state index is 12.8. The van der Waals surface area contributed by atoms with Crippen LogP contribution in [0.1, 0.15) is 50.7 Å². The molecule has 0 aromatic heterocycles. The molecule has 2 rings (SSSR count). The van der Waals surface area contributed by atoms with E-state index in [-0.39, 0.29) is 5.82 Å². The van der Waals surface area contributed by atoms with Gasteiger partial charge >= 0.3 is 0 Å². The van der Waals surface area contributed by atoms with E-state index < -0.39 is 6.10 Å². The molecular formula is C17H26FNO. The van der Waals surface area contributed by atoms with Crippen molar-refractivity contribution in [1.29, 1.82) is 0 Å². The lowest BCUT2D eigenvalue weighted by atomic mass is 9.81. The highest BCUT2D eigenvalue weighted by Crippen LogP contribution is 2.30. The molecule has 1 aromatic carbocycles. The smallest absolute Gasteiger partial charge is 0.123 e. The molecule has 2 nitrogen and oxygen atoms in total. The molecule has 3 heteroatoms. The fourth-order valence-electron chi connectivity index (χ4n) is 3.07. The summed E-state index contributed by atoms with van der Waals surface area (Å²) in [5.41, 5.74) is 0.772. The Hall–Kier alpha value is -0.930. The monoisotopic (exact) mass is 279 g/mol. The second-order valence-electron chi connectivity index (χ2n) is 6.02. The van der Waals surface area contributed by atoms with Gasteiger partial charge in [0.2, 0.25) is 0 Å². The molecule has 1 aliphatic carbocycles. The molecule has 1 aliphatic rings. The second kappa shape index (κ2) is 7.75. The summed E-state index contributed by atoms with van der Waals surface area (Å²) >= 11 is 0. The van der Waals surface area contributed by atoms with Crippen LogP contribution in [-0.2, 0) is 0 Å². The minimum atomic E-state index is -0.553. The van der Waals surface area contributed by atoms with Crippen LogP contribution in [0.15, 0.2) is 24.3 Å². The molecule has 112 valence electrons. The minimum Gasteiger partial charge on any atom is -0.387 e. The summed E-state index contributed by atoms with van der Waals surface area (Å²) in [6, 6.07) is 6.08. The molecule has 0 amide bonds. The van der Waals surface area contributed by atoms with Gasteiger partial charge in [0.05, 0.1) is 6.10 Å². The third-order valence-corrected chi connectivity index (χ3v) is 4.57. The van der Waals surface area contributed by atoms with E-state index in [1.165, 1.54) is 44.2 Å². The van der Waals surface area contributed by atoms with Crippen molar-refractivity contribution >= 4 is 0 Å². The number of benzene rings is 1. The van der Waals surface area contributed by atoms with Gasteiger partial charge in [-0.1, -0.05) is 38.3 Å². The number of aliphatic hydroxyl groups is 1. The van der Waals surface area contributed by atoms with Gasteiger partial charge in [0.1, 0.15) is 5.82 Å². The zero-order valence-corrected chi connectivity index (χ0v) is 12.3. The summed E-state index contributed by atoms with van der Waals surface area (Å²) in [6.45, 7) is 3.80. The van der Waals surface area contributed by atoms with Gasteiger partial charge in [0.25, 0.3) is 0 Å². The van der Waals surface area contributed by atoms with Crippen molar-refractivity contribution in [3.8, 4) is 0 Å². The maximum Gasteiger partial charge on any atom is 0.123 e. The average molecular weight is 279 g/mol. The summed E-state index contributed by atoms with van der Waals surface area (Å²) in [5, 5.41) is 13.4. The molecule has 1 fully saturated rings. The molecular weight excluding hydrogens is 253 g/mol. The highest BCUT2D eigenvalue weighted by molar-refractivity contribution is 5.18. The Labute approximate surface area is 121 Å². The minimum absolute atomic E-state index is 0.262. The van der Waals surface area contributed by atoms with E-state index in [4.69, 9.17) is 0 Å². The van der Waals surface area contributed by atoms with Crippen molar-refractivity contribution in [2.75, 3.05) is 13.1 Å². The van der Waals surface area contributed by atoms with E-state index in [1.54, 1.807) is 12.1 Å². The predicted molar refractivity (Wildman–Crippen MR) is 80.0 cm³/mol. The van der Waals surface area contributed by atoms with Crippen molar-refractivity contribution in [1.82, 2.24) is 5.32 Å². The van der Waals surface area contributed by atoms with Crippen LogP contribution in [0.2, 0.25) is 0 Å². The van der Waals surface area contributed by atoms with E-state index in [9.17, 15) is 9.50 Å². The van der Waals surface area contributed by atoms with Crippen LogP contribution >= 0.6 is 0 Å². The Bertz CT molecular complexity index is 384. The largest absolute Gasteiger partial charge is 0.387 e. The zero-order valence-electron chi connectivity index (χ0n) is 12.3. The molecule has 0 spiro atoms. The number of hydrogen-bond donors (Lipinski definition) is 2. The van der Waals surface area contributed by atoms with E-state index in [1.807, 2.05) is 0 Å². The van der Waals surface area contributed by atoms with Crippen LogP contribution in [0.5, 0.6) is 0 Å². The summed E-state index contributed by atoms with van der Waals surface area (Å²) in [6.07, 6.45) is 6.06. The zero-order chi connectivity index (χ0) is 14.4. The number of nitrogens with one attached hydrogen (secondary N) is 1. The van der Waals surface area contributed by atoms with Gasteiger partial charge in [0.15, 0.2) is 0 Å². The van der Waals surface area contributed by atoms with Crippen molar-refractivity contribution in [2.24, 2.45) is 11.8 Å². The molecule has 20 heavy (non-hydrogen) atoms. The van der Waals surface area contributed by atoms with Crippen LogP contribution in [0.4, 0.5) is 4.39 Å². The Balaban J connectivity index is 1.67. The summed E-state index contributed by atoms with van der Waals surface area (Å²) in [4.78, 5) is 0. The van der Waals surface area contributed by atoms with Gasteiger partial charge in [0, 0.05) is 6.54 Å². The maximum absolute atomic E-state index is 12.8. The Kier molecular flexibility index (Phi) is 5.99. The number of hydrogen-bond acceptors (Lipinski definition) is 2. The highest BCUT2D eigenvalue weighted by Gasteiger charge is 2.19. The van der Waals surface area contributed by atoms with E-state index in [0.29, 0.717) is 6.54 Å². The van der Waals surface area contributed by atoms with Gasteiger partial charge in [-0.25, -0.2) is 4.39 Å². The van der Waals surface area contributed by atoms with E-state index in [0.717, 1.165) is 23.9 Å². The predicted octanol–water partition coefficient (Wildman–Crippen LogP) is 3.67. The average Bonchev–Trinajstić information content (AvgIpc) is 2.48. The first-order chi connectivity index (χ1) is 9.69. The molecule has 1 atom stereocenters. The molecule has 0 radical (unpaired) electrons. The number of halogens is 1. The molecule has 1 unspecified atom stereocenters. The molecule has 1 aromatic rings. The van der Waals surface area contributed by atoms with Gasteiger partial charge in [-0.2, -0.15) is 0 Å². The van der Waals surface area contributed by atoms with Gasteiger partial charge in [-0.15, -0.1) is 0 Å². The third kappa shape index (κ3) is 4.57. The second-order valence-corrected chi connectivity index (χ2v) is 6.02. The summed E-state index contributed by atoms with van der Waals surface area (Å²) in [5.74, 6) is 1.41. The first kappa shape index (κ1) is 15.5. The van der Waals surface area contributed by atoms with Crippen LogP contribution in [0.25, 0.3) is 0 Å². The number of aliphatic hydroxyl groups excluding tert-OH is 1. The molecule has 1 saturated carbocycles. The van der Waals surface area contributed by atoms with Crippen molar-refractivity contribution < 1.29 is 9.50 Å². The first-order valence-corrected chi connectivity index (χ1v) is 7.83. The molecule has 0 bridgehead atoms. The Morgan fingerprint density at radius 2 is 1.75 bits per heavy atom. The van der Waals surface area contributed by atoms with Gasteiger partial charge in [-0.05, 0) is 48.9 Å². The molecule has 2 N–H and O–H groups in total. The summed E-state index contributed by atoms with van der Waals surface area (Å²) in [7, 11) is 0. The Morgan fingerprint density at radius 3 is 2.35 bits per heavy atom. The fourth-order valence-corrected chi connectivity index (χ4v) is 3.07. The van der Waals surface area contributed by atoms with E-state index in [2.05, 4.69) is 12.2 Å². The normalized spacial score (nSPS) is 24.6. The SMILES string of the molecule is CCC1CCC(CNCC(O)c2ccc(F)cc2)CC1. The Morgan fingerprint density at radius 1 is 1.15 bits per heavy atom. The first-order valence-electron chi connectivity index (χ1n) is 7.83. The van der Waals surface area contributed by atoms with E-state index >= 15 is 0 Å². The topological polar surface area (TPSA) is 32.3 Å². The van der Waals surface area contributed by atoms with Gasteiger partial charge < -0.3 is 10.4 Å². The third-order valence-electron chi connectivity index (χ3n) is 4.57. The van der Waals surface area contributed by atoms with Crippen LogP contribution in [0, 0.1) is 17.7 Å². The quantitative estimate of drug-likeness (QED) is 0.833.